The lowest BCUT2D eigenvalue weighted by molar-refractivity contribution is 0.0815. The molecule has 2 aromatic heterocycles. The Balaban J connectivity index is 1.50. The number of carbonyl (C=O) groups is 1. The smallest absolute Gasteiger partial charge is 0.287 e. The minimum atomic E-state index is -1.35. The molecule has 0 saturated carbocycles. The van der Waals surface area contributed by atoms with Crippen LogP contribution in [0.3, 0.4) is 0 Å². The number of hydrogen-bond acceptors (Lipinski definition) is 4. The van der Waals surface area contributed by atoms with E-state index >= 15 is 0 Å². The van der Waals surface area contributed by atoms with Crippen LogP contribution in [0.25, 0.3) is 22.1 Å². The van der Waals surface area contributed by atoms with Crippen LogP contribution in [0.4, 0.5) is 4.39 Å². The first-order valence-corrected chi connectivity index (χ1v) is 8.37. The van der Waals surface area contributed by atoms with E-state index < -0.39 is 11.6 Å². The van der Waals surface area contributed by atoms with Gasteiger partial charge in [0, 0.05) is 10.9 Å². The van der Waals surface area contributed by atoms with Crippen molar-refractivity contribution in [1.29, 1.82) is 0 Å². The van der Waals surface area contributed by atoms with E-state index in [0.29, 0.717) is 31.5 Å². The summed E-state index contributed by atoms with van der Waals surface area (Å²) in [6.07, 6.45) is 4.06. The Hall–Kier alpha value is -2.60. The highest BCUT2D eigenvalue weighted by Gasteiger charge is 2.32. The Labute approximate surface area is 144 Å². The van der Waals surface area contributed by atoms with Gasteiger partial charge in [0.05, 0.1) is 19.1 Å². The number of furan rings is 2. The number of amides is 1. The summed E-state index contributed by atoms with van der Waals surface area (Å²) in [6, 6.07) is 9.23. The number of nitrogens with one attached hydrogen (secondary N) is 2. The van der Waals surface area contributed by atoms with Crippen molar-refractivity contribution in [1.82, 2.24) is 10.6 Å². The monoisotopic (exact) mass is 342 g/mol. The van der Waals surface area contributed by atoms with Crippen LogP contribution in [0.1, 0.15) is 23.4 Å². The summed E-state index contributed by atoms with van der Waals surface area (Å²) in [4.78, 5) is 12.3. The summed E-state index contributed by atoms with van der Waals surface area (Å²) in [6.45, 7) is 1.27. The molecule has 3 aromatic rings. The predicted molar refractivity (Wildman–Crippen MR) is 92.2 cm³/mol. The molecule has 1 aromatic carbocycles. The van der Waals surface area contributed by atoms with E-state index in [9.17, 15) is 9.18 Å². The average Bonchev–Trinajstić information content (AvgIpc) is 3.29. The normalized spacial score (nSPS) is 16.8. The third-order valence-electron chi connectivity index (χ3n) is 4.66. The summed E-state index contributed by atoms with van der Waals surface area (Å²) in [5, 5.41) is 6.61. The fourth-order valence-corrected chi connectivity index (χ4v) is 3.13. The Morgan fingerprint density at radius 3 is 2.80 bits per heavy atom. The highest BCUT2D eigenvalue weighted by molar-refractivity contribution is 5.96. The molecule has 0 spiro atoms. The van der Waals surface area contributed by atoms with Gasteiger partial charge in [0.1, 0.15) is 11.3 Å². The highest BCUT2D eigenvalue weighted by Crippen LogP contribution is 2.27. The van der Waals surface area contributed by atoms with Crippen molar-refractivity contribution in [2.75, 3.05) is 19.6 Å². The van der Waals surface area contributed by atoms with Crippen LogP contribution in [-0.4, -0.2) is 31.2 Å². The number of carbonyl (C=O) groups excluding carboxylic acids is 1. The summed E-state index contributed by atoms with van der Waals surface area (Å²) in [5.41, 5.74) is 1.15. The summed E-state index contributed by atoms with van der Waals surface area (Å²) in [7, 11) is 0. The second-order valence-electron chi connectivity index (χ2n) is 6.46. The molecule has 0 aliphatic carbocycles. The maximum absolute atomic E-state index is 14.6. The van der Waals surface area contributed by atoms with Gasteiger partial charge in [-0.05, 0) is 49.7 Å². The van der Waals surface area contributed by atoms with Gasteiger partial charge in [0.2, 0.25) is 0 Å². The van der Waals surface area contributed by atoms with Gasteiger partial charge in [-0.15, -0.1) is 0 Å². The molecule has 1 aliphatic rings. The van der Waals surface area contributed by atoms with E-state index in [-0.39, 0.29) is 12.3 Å². The average molecular weight is 342 g/mol. The van der Waals surface area contributed by atoms with Crippen LogP contribution in [0, 0.1) is 0 Å². The Morgan fingerprint density at radius 2 is 2.04 bits per heavy atom. The van der Waals surface area contributed by atoms with Gasteiger partial charge in [0.25, 0.3) is 5.91 Å². The van der Waals surface area contributed by atoms with Crippen molar-refractivity contribution >= 4 is 16.9 Å². The van der Waals surface area contributed by atoms with E-state index in [1.165, 1.54) is 0 Å². The molecule has 0 bridgehead atoms. The van der Waals surface area contributed by atoms with Crippen molar-refractivity contribution in [3.8, 4) is 11.1 Å². The molecule has 1 fully saturated rings. The van der Waals surface area contributed by atoms with Gasteiger partial charge < -0.3 is 19.5 Å². The van der Waals surface area contributed by atoms with Gasteiger partial charge in [-0.3, -0.25) is 4.79 Å². The van der Waals surface area contributed by atoms with Crippen LogP contribution >= 0.6 is 0 Å². The first-order chi connectivity index (χ1) is 12.1. The second kappa shape index (κ2) is 6.37. The Kier molecular flexibility index (Phi) is 4.05. The van der Waals surface area contributed by atoms with Crippen molar-refractivity contribution < 1.29 is 18.0 Å². The Bertz CT molecular complexity index is 879. The van der Waals surface area contributed by atoms with Crippen LogP contribution < -0.4 is 10.6 Å². The number of alkyl halides is 1. The zero-order chi connectivity index (χ0) is 17.3. The molecule has 1 aliphatic heterocycles. The molecule has 0 atom stereocenters. The van der Waals surface area contributed by atoms with Crippen LogP contribution in [0.15, 0.2) is 51.7 Å². The molecule has 25 heavy (non-hydrogen) atoms. The molecule has 5 nitrogen and oxygen atoms in total. The first kappa shape index (κ1) is 15.9. The SMILES string of the molecule is O=C(NCC1(F)CCNCC1)c1cc2ccc(-c3ccoc3)cc2o1. The van der Waals surface area contributed by atoms with Gasteiger partial charge in [0.15, 0.2) is 5.76 Å². The number of hydrogen-bond donors (Lipinski definition) is 2. The van der Waals surface area contributed by atoms with Crippen molar-refractivity contribution in [3.63, 3.8) is 0 Å². The third kappa shape index (κ3) is 3.30. The summed E-state index contributed by atoms with van der Waals surface area (Å²) in [5.74, 6) is -0.200. The number of rotatable bonds is 4. The lowest BCUT2D eigenvalue weighted by Crippen LogP contribution is -2.46. The molecule has 4 rings (SSSR count). The van der Waals surface area contributed by atoms with Gasteiger partial charge in [-0.25, -0.2) is 4.39 Å². The maximum atomic E-state index is 14.6. The van der Waals surface area contributed by atoms with E-state index in [4.69, 9.17) is 8.83 Å². The molecule has 1 saturated heterocycles. The van der Waals surface area contributed by atoms with Gasteiger partial charge >= 0.3 is 0 Å². The number of halogens is 1. The topological polar surface area (TPSA) is 67.4 Å². The molecule has 2 N–H and O–H groups in total. The standard InChI is InChI=1S/C19H19FN2O3/c20-19(4-6-21-7-5-19)12-22-18(23)17-10-14-2-1-13(9-16(14)25-17)15-3-8-24-11-15/h1-3,8-11,21H,4-7,12H2,(H,22,23). The maximum Gasteiger partial charge on any atom is 0.287 e. The van der Waals surface area contributed by atoms with Crippen LogP contribution in [0.5, 0.6) is 0 Å². The van der Waals surface area contributed by atoms with Crippen molar-refractivity contribution in [2.24, 2.45) is 0 Å². The molecule has 130 valence electrons. The molecular formula is C19H19FN2O3. The molecule has 3 heterocycles. The fraction of sp³-hybridized carbons (Fsp3) is 0.316. The lowest BCUT2D eigenvalue weighted by atomic mass is 9.94. The molecule has 1 amide bonds. The van der Waals surface area contributed by atoms with E-state index in [1.54, 1.807) is 18.6 Å². The second-order valence-corrected chi connectivity index (χ2v) is 6.46. The van der Waals surface area contributed by atoms with Crippen molar-refractivity contribution in [3.05, 3.63) is 48.6 Å². The Morgan fingerprint density at radius 1 is 1.20 bits per heavy atom. The number of piperidine rings is 1. The minimum absolute atomic E-state index is 0.00479. The van der Waals surface area contributed by atoms with Crippen molar-refractivity contribution in [2.45, 2.75) is 18.5 Å². The largest absolute Gasteiger partial charge is 0.472 e. The molecule has 0 unspecified atom stereocenters. The van der Waals surface area contributed by atoms with Crippen LogP contribution in [0.2, 0.25) is 0 Å². The van der Waals surface area contributed by atoms with E-state index in [1.807, 2.05) is 24.3 Å². The van der Waals surface area contributed by atoms with Gasteiger partial charge in [-0.1, -0.05) is 12.1 Å². The minimum Gasteiger partial charge on any atom is -0.472 e. The number of fused-ring (bicyclic) bond motifs is 1. The molecule has 6 heteroatoms. The number of benzene rings is 1. The lowest BCUT2D eigenvalue weighted by Gasteiger charge is -2.29. The van der Waals surface area contributed by atoms with Gasteiger partial charge in [-0.2, -0.15) is 0 Å². The third-order valence-corrected chi connectivity index (χ3v) is 4.66. The zero-order valence-electron chi connectivity index (χ0n) is 13.7. The molecule has 0 radical (unpaired) electrons. The predicted octanol–water partition coefficient (Wildman–Crippen LogP) is 3.51. The summed E-state index contributed by atoms with van der Waals surface area (Å²) < 4.78 is 25.3. The summed E-state index contributed by atoms with van der Waals surface area (Å²) >= 11 is 0. The van der Waals surface area contributed by atoms with Crippen LogP contribution in [-0.2, 0) is 0 Å². The molecular weight excluding hydrogens is 323 g/mol. The quantitative estimate of drug-likeness (QED) is 0.761. The highest BCUT2D eigenvalue weighted by atomic mass is 19.1. The fourth-order valence-electron chi connectivity index (χ4n) is 3.13. The first-order valence-electron chi connectivity index (χ1n) is 8.37. The van der Waals surface area contributed by atoms with E-state index in [0.717, 1.165) is 16.5 Å². The zero-order valence-corrected chi connectivity index (χ0v) is 13.7. The van der Waals surface area contributed by atoms with E-state index in [2.05, 4.69) is 10.6 Å².